The summed E-state index contributed by atoms with van der Waals surface area (Å²) >= 11 is 1.62. The number of nitrogens with one attached hydrogen (secondary N) is 1. The summed E-state index contributed by atoms with van der Waals surface area (Å²) in [6.45, 7) is 8.01. The van der Waals surface area contributed by atoms with E-state index in [9.17, 15) is 10.1 Å². The Balaban J connectivity index is 1.79. The average Bonchev–Trinajstić information content (AvgIpc) is 3.10. The van der Waals surface area contributed by atoms with E-state index < -0.39 is 0 Å². The van der Waals surface area contributed by atoms with Crippen LogP contribution in [0, 0.1) is 39.0 Å². The number of rotatable bonds is 5. The lowest BCUT2D eigenvalue weighted by Gasteiger charge is -2.07. The van der Waals surface area contributed by atoms with Crippen LogP contribution in [0.3, 0.4) is 0 Å². The number of benzene rings is 1. The van der Waals surface area contributed by atoms with Crippen LogP contribution in [0.4, 0.5) is 0 Å². The van der Waals surface area contributed by atoms with Crippen LogP contribution in [0.25, 0.3) is 5.00 Å². The second-order valence-corrected chi connectivity index (χ2v) is 7.90. The summed E-state index contributed by atoms with van der Waals surface area (Å²) in [7, 11) is 0. The van der Waals surface area contributed by atoms with Gasteiger partial charge in [0, 0.05) is 21.8 Å². The molecule has 0 bridgehead atoms. The first-order valence-electron chi connectivity index (χ1n) is 8.97. The molecule has 0 aliphatic heterocycles. The highest BCUT2D eigenvalue weighted by atomic mass is 32.1. The topological polar surface area (TPSA) is 70.2 Å². The number of hydrogen-bond donors (Lipinski definition) is 1. The highest BCUT2D eigenvalue weighted by molar-refractivity contribution is 7.14. The van der Waals surface area contributed by atoms with Crippen LogP contribution < -0.4 is 5.43 Å². The van der Waals surface area contributed by atoms with Crippen LogP contribution >= 0.6 is 11.3 Å². The lowest BCUT2D eigenvalue weighted by Crippen LogP contribution is -2.19. The van der Waals surface area contributed by atoms with Crippen LogP contribution in [0.2, 0.25) is 0 Å². The predicted molar refractivity (Wildman–Crippen MR) is 113 cm³/mol. The number of aromatic nitrogens is 1. The van der Waals surface area contributed by atoms with E-state index in [0.29, 0.717) is 5.56 Å². The summed E-state index contributed by atoms with van der Waals surface area (Å²) < 4.78 is 2.08. The second kappa shape index (κ2) is 8.24. The summed E-state index contributed by atoms with van der Waals surface area (Å²) in [4.78, 5) is 13.2. The van der Waals surface area contributed by atoms with Gasteiger partial charge in [-0.05, 0) is 44.9 Å². The Hall–Kier alpha value is -3.17. The maximum Gasteiger partial charge on any atom is 0.244 e. The van der Waals surface area contributed by atoms with Crippen LogP contribution in [0.15, 0.2) is 41.5 Å². The monoisotopic (exact) mass is 390 g/mol. The molecular formula is C22H22N4OS. The van der Waals surface area contributed by atoms with Gasteiger partial charge in [-0.3, -0.25) is 4.79 Å². The van der Waals surface area contributed by atoms with E-state index in [2.05, 4.69) is 21.2 Å². The lowest BCUT2D eigenvalue weighted by atomic mass is 10.1. The lowest BCUT2D eigenvalue weighted by molar-refractivity contribution is -0.120. The van der Waals surface area contributed by atoms with Crippen molar-refractivity contribution in [2.45, 2.75) is 34.1 Å². The van der Waals surface area contributed by atoms with Crippen LogP contribution in [0.5, 0.6) is 0 Å². The van der Waals surface area contributed by atoms with Gasteiger partial charge in [-0.15, -0.1) is 11.3 Å². The fourth-order valence-corrected chi connectivity index (χ4v) is 4.34. The van der Waals surface area contributed by atoms with Gasteiger partial charge < -0.3 is 4.57 Å². The molecular weight excluding hydrogens is 368 g/mol. The van der Waals surface area contributed by atoms with Gasteiger partial charge in [-0.25, -0.2) is 5.43 Å². The molecule has 5 nitrogen and oxygen atoms in total. The van der Waals surface area contributed by atoms with Crippen molar-refractivity contribution in [2.75, 3.05) is 0 Å². The molecule has 0 aliphatic rings. The fourth-order valence-electron chi connectivity index (χ4n) is 3.12. The summed E-state index contributed by atoms with van der Waals surface area (Å²) in [5.74, 6) is -0.160. The third kappa shape index (κ3) is 3.90. The number of thiophene rings is 1. The van der Waals surface area contributed by atoms with Gasteiger partial charge in [0.1, 0.15) is 11.1 Å². The van der Waals surface area contributed by atoms with Gasteiger partial charge in [-0.2, -0.15) is 10.4 Å². The number of aryl methyl sites for hydroxylation is 2. The van der Waals surface area contributed by atoms with Crippen LogP contribution in [-0.2, 0) is 11.2 Å². The van der Waals surface area contributed by atoms with Gasteiger partial charge >= 0.3 is 0 Å². The Labute approximate surface area is 168 Å². The highest BCUT2D eigenvalue weighted by Crippen LogP contribution is 2.33. The first-order chi connectivity index (χ1) is 13.4. The van der Waals surface area contributed by atoms with Crippen LogP contribution in [0.1, 0.15) is 38.5 Å². The number of carbonyl (C=O) groups is 1. The molecule has 0 saturated heterocycles. The van der Waals surface area contributed by atoms with Crippen molar-refractivity contribution in [3.8, 4) is 11.1 Å². The van der Waals surface area contributed by atoms with E-state index in [1.807, 2.05) is 64.1 Å². The molecule has 2 aromatic heterocycles. The van der Waals surface area contributed by atoms with Gasteiger partial charge in [-0.1, -0.05) is 30.3 Å². The molecule has 6 heteroatoms. The molecule has 0 spiro atoms. The van der Waals surface area contributed by atoms with E-state index >= 15 is 0 Å². The normalized spacial score (nSPS) is 11.0. The minimum Gasteiger partial charge on any atom is -0.308 e. The molecule has 3 rings (SSSR count). The van der Waals surface area contributed by atoms with Crippen LogP contribution in [-0.4, -0.2) is 16.7 Å². The van der Waals surface area contributed by atoms with Gasteiger partial charge in [0.15, 0.2) is 0 Å². The van der Waals surface area contributed by atoms with E-state index in [0.717, 1.165) is 38.0 Å². The second-order valence-electron chi connectivity index (χ2n) is 6.69. The molecule has 3 aromatic rings. The Kier molecular flexibility index (Phi) is 5.76. The molecule has 2 heterocycles. The molecule has 0 saturated carbocycles. The van der Waals surface area contributed by atoms with Crippen molar-refractivity contribution in [3.05, 3.63) is 74.9 Å². The first kappa shape index (κ1) is 19.6. The zero-order valence-electron chi connectivity index (χ0n) is 16.4. The number of nitriles is 1. The van der Waals surface area contributed by atoms with Gasteiger partial charge in [0.05, 0.1) is 18.2 Å². The number of carbonyl (C=O) groups excluding carboxylic acids is 1. The molecule has 1 aromatic carbocycles. The molecule has 0 radical (unpaired) electrons. The van der Waals surface area contributed by atoms with Gasteiger partial charge in [0.25, 0.3) is 0 Å². The molecule has 28 heavy (non-hydrogen) atoms. The zero-order chi connectivity index (χ0) is 20.3. The number of amides is 1. The average molecular weight is 391 g/mol. The highest BCUT2D eigenvalue weighted by Gasteiger charge is 2.18. The first-order valence-corrected chi connectivity index (χ1v) is 9.79. The molecule has 0 unspecified atom stereocenters. The van der Waals surface area contributed by atoms with Crippen molar-refractivity contribution in [1.29, 1.82) is 5.26 Å². The molecule has 0 aliphatic carbocycles. The predicted octanol–water partition coefficient (Wildman–Crippen LogP) is 4.34. The third-order valence-corrected chi connectivity index (χ3v) is 5.94. The van der Waals surface area contributed by atoms with E-state index in [-0.39, 0.29) is 12.3 Å². The number of nitrogens with zero attached hydrogens (tertiary/aromatic N) is 3. The molecule has 1 N–H and O–H groups in total. The fraction of sp³-hybridized carbons (Fsp3) is 0.227. The maximum atomic E-state index is 12.0. The van der Waals surface area contributed by atoms with Crippen molar-refractivity contribution in [1.82, 2.24) is 9.99 Å². The van der Waals surface area contributed by atoms with Crippen molar-refractivity contribution in [2.24, 2.45) is 5.10 Å². The number of hydrogen-bond acceptors (Lipinski definition) is 4. The largest absolute Gasteiger partial charge is 0.308 e. The standard InChI is InChI=1S/C22H22N4OS/c1-14-10-19(13-24-25-21(27)11-18-8-6-5-7-9-18)16(3)26(14)22-20(12-23)15(2)17(4)28-22/h5-10,13H,11H2,1-4H3,(H,25,27)/b24-13+. The Morgan fingerprint density at radius 3 is 2.64 bits per heavy atom. The van der Waals surface area contributed by atoms with Crippen molar-refractivity contribution in [3.63, 3.8) is 0 Å². The minimum absolute atomic E-state index is 0.160. The Morgan fingerprint density at radius 1 is 1.25 bits per heavy atom. The summed E-state index contributed by atoms with van der Waals surface area (Å²) in [5, 5.41) is 14.6. The smallest absolute Gasteiger partial charge is 0.244 e. The van der Waals surface area contributed by atoms with Gasteiger partial charge in [0.2, 0.25) is 5.91 Å². The summed E-state index contributed by atoms with van der Waals surface area (Å²) in [6, 6.07) is 13.9. The zero-order valence-corrected chi connectivity index (χ0v) is 17.2. The molecule has 142 valence electrons. The van der Waals surface area contributed by atoms with E-state index in [4.69, 9.17) is 0 Å². The summed E-state index contributed by atoms with van der Waals surface area (Å²) in [6.07, 6.45) is 1.94. The maximum absolute atomic E-state index is 12.0. The third-order valence-electron chi connectivity index (χ3n) is 4.75. The Morgan fingerprint density at radius 2 is 1.96 bits per heavy atom. The molecule has 0 atom stereocenters. The summed E-state index contributed by atoms with van der Waals surface area (Å²) in [5.41, 5.74) is 8.18. The van der Waals surface area contributed by atoms with E-state index in [1.54, 1.807) is 17.6 Å². The quantitative estimate of drug-likeness (QED) is 0.520. The minimum atomic E-state index is -0.160. The van der Waals surface area contributed by atoms with Crippen molar-refractivity contribution < 1.29 is 4.79 Å². The van der Waals surface area contributed by atoms with E-state index in [1.165, 1.54) is 0 Å². The molecule has 0 fully saturated rings. The number of hydrazone groups is 1. The Bertz CT molecular complexity index is 1080. The SMILES string of the molecule is Cc1sc(-n2c(C)cc(/C=N/NC(=O)Cc3ccccc3)c2C)c(C#N)c1C. The van der Waals surface area contributed by atoms with Crippen molar-refractivity contribution >= 4 is 23.5 Å². The molecule has 1 amide bonds.